The molecular weight excluding hydrogens is 458 g/mol. The molecule has 7 heteroatoms. The number of carbonyl (C=O) groups excluding carboxylic acids is 1. The Morgan fingerprint density at radius 2 is 1.80 bits per heavy atom. The molecule has 2 N–H and O–H groups in total. The van der Waals surface area contributed by atoms with E-state index >= 15 is 0 Å². The molecule has 2 aliphatic rings. The van der Waals surface area contributed by atoms with Gasteiger partial charge in [0.1, 0.15) is 11.6 Å². The number of aromatic nitrogens is 2. The van der Waals surface area contributed by atoms with Crippen molar-refractivity contribution in [3.05, 3.63) is 92.9 Å². The summed E-state index contributed by atoms with van der Waals surface area (Å²) in [5.41, 5.74) is 3.70. The number of nitrogens with one attached hydrogen (secondary N) is 2. The van der Waals surface area contributed by atoms with Crippen LogP contribution < -0.4 is 15.6 Å². The van der Waals surface area contributed by atoms with E-state index in [-0.39, 0.29) is 16.8 Å². The topological polar surface area (TPSA) is 84.1 Å². The van der Waals surface area contributed by atoms with Crippen LogP contribution in [0.2, 0.25) is 0 Å². The van der Waals surface area contributed by atoms with Gasteiger partial charge in [-0.05, 0) is 42.0 Å². The average molecular weight is 488 g/mol. The van der Waals surface area contributed by atoms with Crippen LogP contribution in [0.4, 0.5) is 5.82 Å². The highest BCUT2D eigenvalue weighted by molar-refractivity contribution is 7.98. The van der Waals surface area contributed by atoms with Crippen molar-refractivity contribution in [3.8, 4) is 5.75 Å². The van der Waals surface area contributed by atoms with Crippen LogP contribution in [0.5, 0.6) is 5.75 Å². The average Bonchev–Trinajstić information content (AvgIpc) is 2.82. The Balaban J connectivity index is 1.57. The van der Waals surface area contributed by atoms with Gasteiger partial charge in [0, 0.05) is 29.4 Å². The number of Topliss-reactive ketones (excluding diaryl/α,β-unsaturated/α-hetero) is 1. The number of rotatable bonds is 6. The molecule has 6 nitrogen and oxygen atoms in total. The smallest absolute Gasteiger partial charge is 0.257 e. The first-order valence-corrected chi connectivity index (χ1v) is 12.9. The molecule has 2 aromatic carbocycles. The lowest BCUT2D eigenvalue weighted by Crippen LogP contribution is -2.37. The van der Waals surface area contributed by atoms with E-state index in [2.05, 4.69) is 36.3 Å². The summed E-state index contributed by atoms with van der Waals surface area (Å²) in [6, 6.07) is 17.8. The fourth-order valence-corrected chi connectivity index (χ4v) is 5.76. The zero-order valence-corrected chi connectivity index (χ0v) is 21.0. The Morgan fingerprint density at radius 3 is 2.51 bits per heavy atom. The fourth-order valence-electron chi connectivity index (χ4n) is 4.94. The molecule has 180 valence electrons. The van der Waals surface area contributed by atoms with Crippen molar-refractivity contribution in [1.82, 2.24) is 9.97 Å². The molecular formula is C28H29N3O3S. The molecule has 0 radical (unpaired) electrons. The van der Waals surface area contributed by atoms with Crippen LogP contribution in [0.3, 0.4) is 0 Å². The van der Waals surface area contributed by atoms with E-state index in [9.17, 15) is 9.59 Å². The van der Waals surface area contributed by atoms with Crippen LogP contribution in [0.1, 0.15) is 56.2 Å². The third-order valence-corrected chi connectivity index (χ3v) is 7.39. The maximum atomic E-state index is 13.5. The lowest BCUT2D eigenvalue weighted by Gasteiger charge is -2.38. The second-order valence-corrected chi connectivity index (χ2v) is 10.8. The summed E-state index contributed by atoms with van der Waals surface area (Å²) in [6.45, 7) is 6.72. The van der Waals surface area contributed by atoms with E-state index in [1.54, 1.807) is 0 Å². The first kappa shape index (κ1) is 23.4. The zero-order valence-electron chi connectivity index (χ0n) is 20.2. The minimum absolute atomic E-state index is 0.0789. The number of anilines is 1. The number of carbonyl (C=O) groups is 1. The molecule has 0 bridgehead atoms. The van der Waals surface area contributed by atoms with Gasteiger partial charge in [-0.25, -0.2) is 4.98 Å². The molecule has 1 aromatic heterocycles. The lowest BCUT2D eigenvalue weighted by atomic mass is 9.69. The summed E-state index contributed by atoms with van der Waals surface area (Å²) in [4.78, 5) is 34.6. The monoisotopic (exact) mass is 487 g/mol. The van der Waals surface area contributed by atoms with Crippen LogP contribution in [0.25, 0.3) is 0 Å². The molecule has 0 saturated heterocycles. The maximum Gasteiger partial charge on any atom is 0.257 e. The second kappa shape index (κ2) is 9.38. The number of hydrogen-bond acceptors (Lipinski definition) is 6. The van der Waals surface area contributed by atoms with E-state index in [1.807, 2.05) is 49.4 Å². The predicted octanol–water partition coefficient (Wildman–Crippen LogP) is 5.66. The molecule has 3 aromatic rings. The predicted molar refractivity (Wildman–Crippen MR) is 139 cm³/mol. The van der Waals surface area contributed by atoms with Crippen LogP contribution in [-0.4, -0.2) is 22.4 Å². The highest BCUT2D eigenvalue weighted by atomic mass is 32.2. The molecule has 0 amide bonds. The highest BCUT2D eigenvalue weighted by Crippen LogP contribution is 2.47. The lowest BCUT2D eigenvalue weighted by molar-refractivity contribution is -0.118. The number of nitrogens with zero attached hydrogens (tertiary/aromatic N) is 1. The Labute approximate surface area is 209 Å². The summed E-state index contributed by atoms with van der Waals surface area (Å²) in [6.07, 6.45) is 1.18. The number of ether oxygens (including phenoxy) is 1. The van der Waals surface area contributed by atoms with Gasteiger partial charge in [-0.1, -0.05) is 68.1 Å². The Bertz CT molecular complexity index is 1340. The van der Waals surface area contributed by atoms with Gasteiger partial charge < -0.3 is 15.0 Å². The second-order valence-electron chi connectivity index (χ2n) is 9.80. The summed E-state index contributed by atoms with van der Waals surface area (Å²) in [5.74, 6) is 1.60. The molecule has 0 saturated carbocycles. The van der Waals surface area contributed by atoms with E-state index in [0.717, 1.165) is 29.0 Å². The SMILES string of the molecule is CCOc1ccc([C@H]2C3=C(CC(C)(C)CC3=O)Nc3nc(SCc4ccccc4)[nH]c(=O)c32)cc1. The Morgan fingerprint density at radius 1 is 1.06 bits per heavy atom. The molecule has 35 heavy (non-hydrogen) atoms. The number of benzene rings is 2. The minimum Gasteiger partial charge on any atom is -0.494 e. The number of thioether (sulfide) groups is 1. The molecule has 5 rings (SSSR count). The van der Waals surface area contributed by atoms with Gasteiger partial charge >= 0.3 is 0 Å². The third kappa shape index (κ3) is 4.78. The highest BCUT2D eigenvalue weighted by Gasteiger charge is 2.42. The van der Waals surface area contributed by atoms with Gasteiger partial charge in [0.25, 0.3) is 5.56 Å². The van der Waals surface area contributed by atoms with Crippen molar-refractivity contribution in [2.45, 2.75) is 50.4 Å². The molecule has 1 aliphatic heterocycles. The first-order valence-electron chi connectivity index (χ1n) is 11.9. The number of ketones is 1. The number of H-pyrrole nitrogens is 1. The van der Waals surface area contributed by atoms with Crippen LogP contribution in [0.15, 0.2) is 75.8 Å². The normalized spacial score (nSPS) is 18.5. The van der Waals surface area contributed by atoms with Crippen molar-refractivity contribution in [2.75, 3.05) is 11.9 Å². The molecule has 2 heterocycles. The third-order valence-electron chi connectivity index (χ3n) is 6.44. The fraction of sp³-hybridized carbons (Fsp3) is 0.321. The van der Waals surface area contributed by atoms with Crippen LogP contribution >= 0.6 is 11.8 Å². The van der Waals surface area contributed by atoms with Crippen molar-refractivity contribution in [1.29, 1.82) is 0 Å². The maximum absolute atomic E-state index is 13.5. The molecule has 1 aliphatic carbocycles. The van der Waals surface area contributed by atoms with E-state index in [0.29, 0.717) is 40.9 Å². The quantitative estimate of drug-likeness (QED) is 0.345. The summed E-state index contributed by atoms with van der Waals surface area (Å²) in [5, 5.41) is 3.94. The van der Waals surface area contributed by atoms with E-state index in [4.69, 9.17) is 9.72 Å². The van der Waals surface area contributed by atoms with Gasteiger partial charge in [0.05, 0.1) is 12.2 Å². The molecule has 0 fully saturated rings. The number of fused-ring (bicyclic) bond motifs is 1. The van der Waals surface area contributed by atoms with Crippen molar-refractivity contribution in [2.24, 2.45) is 5.41 Å². The summed E-state index contributed by atoms with van der Waals surface area (Å²) < 4.78 is 5.60. The van der Waals surface area contributed by atoms with Gasteiger partial charge in [0.15, 0.2) is 10.9 Å². The van der Waals surface area contributed by atoms with E-state index < -0.39 is 5.92 Å². The molecule has 0 unspecified atom stereocenters. The minimum atomic E-state index is -0.468. The van der Waals surface area contributed by atoms with Crippen molar-refractivity contribution in [3.63, 3.8) is 0 Å². The first-order chi connectivity index (χ1) is 16.8. The van der Waals surface area contributed by atoms with Crippen molar-refractivity contribution >= 4 is 23.4 Å². The van der Waals surface area contributed by atoms with E-state index in [1.165, 1.54) is 11.8 Å². The Kier molecular flexibility index (Phi) is 6.28. The zero-order chi connectivity index (χ0) is 24.6. The van der Waals surface area contributed by atoms with Crippen molar-refractivity contribution < 1.29 is 9.53 Å². The van der Waals surface area contributed by atoms with Crippen LogP contribution in [0, 0.1) is 5.41 Å². The number of aromatic amines is 1. The number of hydrogen-bond donors (Lipinski definition) is 2. The molecule has 1 atom stereocenters. The van der Waals surface area contributed by atoms with Gasteiger partial charge in [-0.15, -0.1) is 0 Å². The summed E-state index contributed by atoms with van der Waals surface area (Å²) >= 11 is 1.49. The standard InChI is InChI=1S/C28H29N3O3S/c1-4-34-19-12-10-18(11-13-19)22-23-20(14-28(2,3)15-21(23)32)29-25-24(22)26(33)31-27(30-25)35-16-17-8-6-5-7-9-17/h5-13,22H,4,14-16H2,1-3H3,(H2,29,30,31,33)/t22-/m0/s1. The largest absolute Gasteiger partial charge is 0.494 e. The number of allylic oxidation sites excluding steroid dienone is 2. The summed E-state index contributed by atoms with van der Waals surface area (Å²) in [7, 11) is 0. The van der Waals surface area contributed by atoms with Crippen LogP contribution in [-0.2, 0) is 10.5 Å². The molecule has 0 spiro atoms. The van der Waals surface area contributed by atoms with Gasteiger partial charge in [0.2, 0.25) is 0 Å². The van der Waals surface area contributed by atoms with Gasteiger partial charge in [-0.3, -0.25) is 9.59 Å². The van der Waals surface area contributed by atoms with Gasteiger partial charge in [-0.2, -0.15) is 0 Å². The Hall–Kier alpha value is -3.32.